The van der Waals surface area contributed by atoms with Gasteiger partial charge in [-0.25, -0.2) is 9.59 Å². The van der Waals surface area contributed by atoms with Gasteiger partial charge in [0.2, 0.25) is 0 Å². The van der Waals surface area contributed by atoms with Gasteiger partial charge in [-0.2, -0.15) is 0 Å². The highest BCUT2D eigenvalue weighted by molar-refractivity contribution is 6.42. The number of carboxylic acid groups (broad SMARTS) is 2. The van der Waals surface area contributed by atoms with Crippen molar-refractivity contribution in [1.82, 2.24) is 0 Å². The summed E-state index contributed by atoms with van der Waals surface area (Å²) < 4.78 is 0. The van der Waals surface area contributed by atoms with Crippen molar-refractivity contribution < 1.29 is 19.8 Å². The number of halogens is 2. The number of hydrogen-bond acceptors (Lipinski definition) is 2. The van der Waals surface area contributed by atoms with Crippen LogP contribution in [0.5, 0.6) is 0 Å². The summed E-state index contributed by atoms with van der Waals surface area (Å²) in [5.41, 5.74) is -0.382. The lowest BCUT2D eigenvalue weighted by Crippen LogP contribution is -2.10. The zero-order valence-electron chi connectivity index (χ0n) is 7.78. The summed E-state index contributed by atoms with van der Waals surface area (Å²) in [4.78, 5) is 21.2. The summed E-state index contributed by atoms with van der Waals surface area (Å²) in [6.45, 7) is 0. The van der Waals surface area contributed by atoms with Crippen molar-refractivity contribution in [2.75, 3.05) is 0 Å². The fourth-order valence-electron chi connectivity index (χ4n) is 0.984. The Bertz CT molecular complexity index is 464. The molecule has 2 N–H and O–H groups in total. The van der Waals surface area contributed by atoms with E-state index in [1.54, 1.807) is 0 Å². The number of rotatable bonds is 3. The van der Waals surface area contributed by atoms with E-state index in [2.05, 4.69) is 0 Å². The summed E-state index contributed by atoms with van der Waals surface area (Å²) in [6.07, 6.45) is 1.01. The summed E-state index contributed by atoms with van der Waals surface area (Å²) in [5.74, 6) is -3.03. The van der Waals surface area contributed by atoms with E-state index in [1.807, 2.05) is 0 Å². The first kappa shape index (κ1) is 12.5. The summed E-state index contributed by atoms with van der Waals surface area (Å²) >= 11 is 11.4. The van der Waals surface area contributed by atoms with Crippen LogP contribution in [-0.4, -0.2) is 22.2 Å². The number of aliphatic carboxylic acids is 2. The first-order valence-electron chi connectivity index (χ1n) is 4.05. The lowest BCUT2D eigenvalue weighted by molar-refractivity contribution is -0.139. The monoisotopic (exact) mass is 260 g/mol. The Hall–Kier alpha value is -1.52. The molecule has 0 spiro atoms. The fourth-order valence-corrected chi connectivity index (χ4v) is 1.29. The summed E-state index contributed by atoms with van der Waals surface area (Å²) in [5, 5.41) is 17.8. The van der Waals surface area contributed by atoms with Gasteiger partial charge in [-0.3, -0.25) is 0 Å². The molecular formula is C10H6Cl2O4. The highest BCUT2D eigenvalue weighted by atomic mass is 35.5. The van der Waals surface area contributed by atoms with Crippen LogP contribution >= 0.6 is 23.2 Å². The smallest absolute Gasteiger partial charge is 0.343 e. The molecule has 0 fully saturated rings. The maximum Gasteiger partial charge on any atom is 0.343 e. The molecule has 0 aliphatic heterocycles. The average molecular weight is 261 g/mol. The van der Waals surface area contributed by atoms with Crippen molar-refractivity contribution in [1.29, 1.82) is 0 Å². The largest absolute Gasteiger partial charge is 0.477 e. The lowest BCUT2D eigenvalue weighted by Gasteiger charge is -1.99. The Labute approximate surface area is 101 Å². The predicted octanol–water partition coefficient (Wildman–Crippen LogP) is 2.55. The van der Waals surface area contributed by atoms with Gasteiger partial charge < -0.3 is 10.2 Å². The zero-order valence-corrected chi connectivity index (χ0v) is 9.29. The van der Waals surface area contributed by atoms with Crippen molar-refractivity contribution >= 4 is 41.2 Å². The van der Waals surface area contributed by atoms with Crippen LogP contribution in [0.4, 0.5) is 0 Å². The quantitative estimate of drug-likeness (QED) is 0.498. The average Bonchev–Trinajstić information content (AvgIpc) is 2.18. The van der Waals surface area contributed by atoms with E-state index < -0.39 is 17.5 Å². The molecule has 0 saturated heterocycles. The molecule has 0 unspecified atom stereocenters. The van der Waals surface area contributed by atoms with Crippen LogP contribution in [0.25, 0.3) is 6.08 Å². The number of carboxylic acids is 2. The van der Waals surface area contributed by atoms with Gasteiger partial charge >= 0.3 is 11.9 Å². The molecule has 84 valence electrons. The van der Waals surface area contributed by atoms with E-state index in [4.69, 9.17) is 33.4 Å². The molecule has 0 radical (unpaired) electrons. The van der Waals surface area contributed by atoms with Crippen LogP contribution in [0, 0.1) is 0 Å². The minimum absolute atomic E-state index is 0.227. The standard InChI is InChI=1S/C10H6Cl2O4/c11-7-2-1-5(4-8(7)12)3-6(9(13)14)10(15)16/h1-4H,(H,13,14)(H,15,16). The van der Waals surface area contributed by atoms with E-state index in [0.717, 1.165) is 6.08 Å². The maximum absolute atomic E-state index is 10.6. The minimum atomic E-state index is -1.52. The van der Waals surface area contributed by atoms with Crippen molar-refractivity contribution in [3.8, 4) is 0 Å². The fraction of sp³-hybridized carbons (Fsp3) is 0. The Morgan fingerprint density at radius 1 is 1.06 bits per heavy atom. The van der Waals surface area contributed by atoms with E-state index in [1.165, 1.54) is 18.2 Å². The molecule has 4 nitrogen and oxygen atoms in total. The van der Waals surface area contributed by atoms with Crippen molar-refractivity contribution in [2.24, 2.45) is 0 Å². The van der Waals surface area contributed by atoms with Gasteiger partial charge in [0.05, 0.1) is 10.0 Å². The van der Waals surface area contributed by atoms with Gasteiger partial charge in [0, 0.05) is 0 Å². The third-order valence-corrected chi connectivity index (χ3v) is 2.45. The third kappa shape index (κ3) is 2.98. The molecule has 0 aliphatic rings. The first-order chi connectivity index (χ1) is 7.41. The second-order valence-electron chi connectivity index (χ2n) is 2.84. The molecule has 1 aromatic carbocycles. The van der Waals surface area contributed by atoms with Crippen LogP contribution in [-0.2, 0) is 9.59 Å². The molecule has 0 bridgehead atoms. The second-order valence-corrected chi connectivity index (χ2v) is 3.66. The Morgan fingerprint density at radius 2 is 1.62 bits per heavy atom. The third-order valence-electron chi connectivity index (χ3n) is 1.72. The number of benzene rings is 1. The van der Waals surface area contributed by atoms with Crippen molar-refractivity contribution in [2.45, 2.75) is 0 Å². The van der Waals surface area contributed by atoms with Crippen LogP contribution in [0.3, 0.4) is 0 Å². The van der Waals surface area contributed by atoms with Crippen LogP contribution in [0.2, 0.25) is 10.0 Å². The molecule has 6 heteroatoms. The van der Waals surface area contributed by atoms with E-state index in [0.29, 0.717) is 10.6 Å². The van der Waals surface area contributed by atoms with Gasteiger partial charge in [0.25, 0.3) is 0 Å². The van der Waals surface area contributed by atoms with Crippen LogP contribution < -0.4 is 0 Å². The van der Waals surface area contributed by atoms with E-state index in [9.17, 15) is 9.59 Å². The first-order valence-corrected chi connectivity index (χ1v) is 4.80. The van der Waals surface area contributed by atoms with Gasteiger partial charge in [-0.05, 0) is 23.8 Å². The predicted molar refractivity (Wildman–Crippen MR) is 59.7 cm³/mol. The molecule has 1 rings (SSSR count). The molecule has 0 heterocycles. The highest BCUT2D eigenvalue weighted by Gasteiger charge is 2.15. The van der Waals surface area contributed by atoms with Gasteiger partial charge in [0.1, 0.15) is 5.57 Å². The van der Waals surface area contributed by atoms with Crippen molar-refractivity contribution in [3.63, 3.8) is 0 Å². The van der Waals surface area contributed by atoms with E-state index >= 15 is 0 Å². The molecule has 1 aromatic rings. The molecule has 0 saturated carbocycles. The molecule has 0 amide bonds. The Balaban J connectivity index is 3.18. The van der Waals surface area contributed by atoms with Crippen LogP contribution in [0.1, 0.15) is 5.56 Å². The van der Waals surface area contributed by atoms with Gasteiger partial charge in [-0.1, -0.05) is 29.3 Å². The normalized spacial score (nSPS) is 9.62. The molecule has 0 aromatic heterocycles. The Morgan fingerprint density at radius 3 is 2.06 bits per heavy atom. The number of hydrogen-bond donors (Lipinski definition) is 2. The summed E-state index contributed by atoms with van der Waals surface area (Å²) in [6, 6.07) is 4.31. The highest BCUT2D eigenvalue weighted by Crippen LogP contribution is 2.23. The number of carbonyl (C=O) groups is 2. The van der Waals surface area contributed by atoms with E-state index in [-0.39, 0.29) is 5.02 Å². The van der Waals surface area contributed by atoms with Gasteiger partial charge in [-0.15, -0.1) is 0 Å². The molecule has 0 atom stereocenters. The van der Waals surface area contributed by atoms with Gasteiger partial charge in [0.15, 0.2) is 0 Å². The zero-order chi connectivity index (χ0) is 12.3. The minimum Gasteiger partial charge on any atom is -0.477 e. The Kier molecular flexibility index (Phi) is 3.93. The second kappa shape index (κ2) is 5.01. The molecular weight excluding hydrogens is 255 g/mol. The molecule has 16 heavy (non-hydrogen) atoms. The maximum atomic E-state index is 10.6. The SMILES string of the molecule is O=C(O)C(=Cc1ccc(Cl)c(Cl)c1)C(=O)O. The summed E-state index contributed by atoms with van der Waals surface area (Å²) in [7, 11) is 0. The van der Waals surface area contributed by atoms with Crippen molar-refractivity contribution in [3.05, 3.63) is 39.4 Å². The lowest BCUT2D eigenvalue weighted by atomic mass is 10.1. The topological polar surface area (TPSA) is 74.6 Å². The van der Waals surface area contributed by atoms with Crippen LogP contribution in [0.15, 0.2) is 23.8 Å². The molecule has 0 aliphatic carbocycles.